The standard InChI is InChI=1S/C28H28F3NO2S/c29-28(30,31)21-7-3-19(4-8-21)25-18-34-26-17-22(33)9-12-24(26)27(25)20-5-10-23(11-6-20)35-16-15-32-13-1-2-14-32/h3-12,17,25,27,33H,1-2,13-16,18H2/t25-,27-/m1/s1. The fourth-order valence-electron chi connectivity index (χ4n) is 5.09. The number of benzene rings is 3. The second kappa shape index (κ2) is 10.2. The van der Waals surface area contributed by atoms with Gasteiger partial charge in [-0.1, -0.05) is 30.3 Å². The molecular weight excluding hydrogens is 471 g/mol. The van der Waals surface area contributed by atoms with Gasteiger partial charge in [0.2, 0.25) is 0 Å². The van der Waals surface area contributed by atoms with Crippen molar-refractivity contribution in [2.45, 2.75) is 35.7 Å². The highest BCUT2D eigenvalue weighted by Gasteiger charge is 2.35. The molecule has 5 rings (SSSR count). The van der Waals surface area contributed by atoms with E-state index in [2.05, 4.69) is 29.2 Å². The number of phenols is 1. The largest absolute Gasteiger partial charge is 0.508 e. The van der Waals surface area contributed by atoms with Crippen LogP contribution in [0.2, 0.25) is 0 Å². The van der Waals surface area contributed by atoms with Crippen molar-refractivity contribution in [3.63, 3.8) is 0 Å². The minimum absolute atomic E-state index is 0.0975. The van der Waals surface area contributed by atoms with Gasteiger partial charge in [-0.3, -0.25) is 0 Å². The summed E-state index contributed by atoms with van der Waals surface area (Å²) in [5.74, 6) is 1.54. The topological polar surface area (TPSA) is 32.7 Å². The average molecular weight is 500 g/mol. The van der Waals surface area contributed by atoms with Crippen molar-refractivity contribution in [3.05, 3.63) is 89.0 Å². The van der Waals surface area contributed by atoms with Crippen molar-refractivity contribution in [1.29, 1.82) is 0 Å². The van der Waals surface area contributed by atoms with Gasteiger partial charge in [-0.2, -0.15) is 13.2 Å². The number of ether oxygens (including phenoxy) is 1. The predicted molar refractivity (Wildman–Crippen MR) is 132 cm³/mol. The van der Waals surface area contributed by atoms with E-state index in [0.29, 0.717) is 12.4 Å². The van der Waals surface area contributed by atoms with Crippen molar-refractivity contribution < 1.29 is 23.0 Å². The summed E-state index contributed by atoms with van der Waals surface area (Å²) in [5, 5.41) is 9.94. The zero-order chi connectivity index (χ0) is 24.4. The number of hydrogen-bond donors (Lipinski definition) is 1. The molecule has 1 fully saturated rings. The third-order valence-corrected chi connectivity index (χ3v) is 7.93. The molecule has 2 aliphatic heterocycles. The van der Waals surface area contributed by atoms with E-state index >= 15 is 0 Å². The summed E-state index contributed by atoms with van der Waals surface area (Å²) in [6.45, 7) is 3.81. The van der Waals surface area contributed by atoms with E-state index in [9.17, 15) is 18.3 Å². The molecule has 0 unspecified atom stereocenters. The third kappa shape index (κ3) is 5.46. The predicted octanol–water partition coefficient (Wildman–Crippen LogP) is 6.91. The zero-order valence-electron chi connectivity index (χ0n) is 19.3. The minimum Gasteiger partial charge on any atom is -0.508 e. The number of phenolic OH excluding ortho intramolecular Hbond substituents is 1. The van der Waals surface area contributed by atoms with E-state index in [0.717, 1.165) is 41.1 Å². The van der Waals surface area contributed by atoms with E-state index in [1.807, 2.05) is 17.8 Å². The summed E-state index contributed by atoms with van der Waals surface area (Å²) in [4.78, 5) is 3.71. The molecule has 0 amide bonds. The van der Waals surface area contributed by atoms with E-state index in [-0.39, 0.29) is 17.6 Å². The number of nitrogens with zero attached hydrogens (tertiary/aromatic N) is 1. The van der Waals surface area contributed by atoms with Gasteiger partial charge in [-0.25, -0.2) is 0 Å². The SMILES string of the molecule is Oc1ccc2c(c1)OC[C@H](c1ccc(C(F)(F)F)cc1)[C@@H]2c1ccc(SCCN2CCCC2)cc1. The maximum absolute atomic E-state index is 13.1. The number of likely N-dealkylation sites (tertiary alicyclic amines) is 1. The monoisotopic (exact) mass is 499 g/mol. The molecule has 1 N–H and O–H groups in total. The summed E-state index contributed by atoms with van der Waals surface area (Å²) in [7, 11) is 0. The molecule has 184 valence electrons. The lowest BCUT2D eigenvalue weighted by molar-refractivity contribution is -0.137. The number of hydrogen-bond acceptors (Lipinski definition) is 4. The number of aromatic hydroxyl groups is 1. The van der Waals surface area contributed by atoms with Crippen LogP contribution in [0.5, 0.6) is 11.5 Å². The highest BCUT2D eigenvalue weighted by atomic mass is 32.2. The lowest BCUT2D eigenvalue weighted by atomic mass is 9.76. The Hall–Kier alpha value is -2.64. The van der Waals surface area contributed by atoms with Crippen LogP contribution >= 0.6 is 11.8 Å². The summed E-state index contributed by atoms with van der Waals surface area (Å²) < 4.78 is 45.3. The van der Waals surface area contributed by atoms with Crippen molar-refractivity contribution >= 4 is 11.8 Å². The first-order valence-electron chi connectivity index (χ1n) is 12.0. The first-order chi connectivity index (χ1) is 16.9. The van der Waals surface area contributed by atoms with Gasteiger partial charge in [0.05, 0.1) is 12.2 Å². The fourth-order valence-corrected chi connectivity index (χ4v) is 6.00. The summed E-state index contributed by atoms with van der Waals surface area (Å²) in [6, 6.07) is 19.0. The molecule has 0 aliphatic carbocycles. The van der Waals surface area contributed by atoms with Crippen molar-refractivity contribution in [2.75, 3.05) is 32.0 Å². The van der Waals surface area contributed by atoms with Gasteiger partial charge < -0.3 is 14.7 Å². The molecule has 2 heterocycles. The molecule has 0 saturated carbocycles. The highest BCUT2D eigenvalue weighted by Crippen LogP contribution is 2.47. The molecule has 0 bridgehead atoms. The van der Waals surface area contributed by atoms with Crippen LogP contribution in [0.25, 0.3) is 0 Å². The van der Waals surface area contributed by atoms with Gasteiger partial charge in [0.15, 0.2) is 0 Å². The Morgan fingerprint density at radius 3 is 2.29 bits per heavy atom. The van der Waals surface area contributed by atoms with E-state index in [4.69, 9.17) is 4.74 Å². The maximum atomic E-state index is 13.1. The second-order valence-electron chi connectivity index (χ2n) is 9.20. The lowest BCUT2D eigenvalue weighted by Gasteiger charge is -2.34. The Morgan fingerprint density at radius 2 is 1.60 bits per heavy atom. The molecule has 0 spiro atoms. The van der Waals surface area contributed by atoms with E-state index in [1.165, 1.54) is 30.8 Å². The lowest BCUT2D eigenvalue weighted by Crippen LogP contribution is -2.25. The van der Waals surface area contributed by atoms with E-state index in [1.54, 1.807) is 24.3 Å². The smallest absolute Gasteiger partial charge is 0.416 e. The number of thioether (sulfide) groups is 1. The Kier molecular flexibility index (Phi) is 6.98. The molecule has 0 aromatic heterocycles. The normalized spacial score (nSPS) is 20.4. The molecule has 3 aromatic carbocycles. The van der Waals surface area contributed by atoms with Crippen LogP contribution in [0.15, 0.2) is 71.6 Å². The van der Waals surface area contributed by atoms with Gasteiger partial charge in [-0.05, 0) is 67.4 Å². The first-order valence-corrected chi connectivity index (χ1v) is 12.9. The van der Waals surface area contributed by atoms with Crippen molar-refractivity contribution in [1.82, 2.24) is 4.90 Å². The third-order valence-electron chi connectivity index (χ3n) is 6.93. The Morgan fingerprint density at radius 1 is 0.914 bits per heavy atom. The number of alkyl halides is 3. The van der Waals surface area contributed by atoms with E-state index < -0.39 is 11.7 Å². The van der Waals surface area contributed by atoms with Gasteiger partial charge in [0.25, 0.3) is 0 Å². The summed E-state index contributed by atoms with van der Waals surface area (Å²) in [5.41, 5.74) is 2.14. The number of rotatable bonds is 6. The molecule has 2 atom stereocenters. The van der Waals surface area contributed by atoms with Crippen LogP contribution in [0.1, 0.15) is 46.9 Å². The van der Waals surface area contributed by atoms with Crippen molar-refractivity contribution in [2.24, 2.45) is 0 Å². The van der Waals surface area contributed by atoms with Gasteiger partial charge in [0.1, 0.15) is 11.5 Å². The molecule has 35 heavy (non-hydrogen) atoms. The summed E-state index contributed by atoms with van der Waals surface area (Å²) >= 11 is 1.85. The number of halogens is 3. The van der Waals surface area contributed by atoms with Crippen LogP contribution in [-0.4, -0.2) is 42.0 Å². The molecule has 7 heteroatoms. The molecule has 3 aromatic rings. The Labute approximate surface area is 207 Å². The molecule has 0 radical (unpaired) electrons. The Balaban J connectivity index is 1.40. The molecule has 2 aliphatic rings. The van der Waals surface area contributed by atoms with Crippen LogP contribution in [0.4, 0.5) is 13.2 Å². The molecule has 1 saturated heterocycles. The van der Waals surface area contributed by atoms with Crippen molar-refractivity contribution in [3.8, 4) is 11.5 Å². The van der Waals surface area contributed by atoms with Gasteiger partial charge in [0, 0.05) is 40.7 Å². The Bertz CT molecular complexity index is 1140. The van der Waals surface area contributed by atoms with Crippen LogP contribution in [-0.2, 0) is 6.18 Å². The van der Waals surface area contributed by atoms with Gasteiger partial charge >= 0.3 is 6.18 Å². The zero-order valence-corrected chi connectivity index (χ0v) is 20.1. The molecule has 3 nitrogen and oxygen atoms in total. The highest BCUT2D eigenvalue weighted by molar-refractivity contribution is 7.99. The first kappa shape index (κ1) is 24.1. The quantitative estimate of drug-likeness (QED) is 0.374. The van der Waals surface area contributed by atoms with Crippen LogP contribution < -0.4 is 4.74 Å². The average Bonchev–Trinajstić information content (AvgIpc) is 3.37. The maximum Gasteiger partial charge on any atom is 0.416 e. The second-order valence-corrected chi connectivity index (χ2v) is 10.4. The summed E-state index contributed by atoms with van der Waals surface area (Å²) in [6.07, 6.45) is -1.78. The molecular formula is C28H28F3NO2S. The fraction of sp³-hybridized carbons (Fsp3) is 0.357. The van der Waals surface area contributed by atoms with Crippen LogP contribution in [0, 0.1) is 0 Å². The van der Waals surface area contributed by atoms with Gasteiger partial charge in [-0.15, -0.1) is 11.8 Å². The number of fused-ring (bicyclic) bond motifs is 1. The van der Waals surface area contributed by atoms with Crippen LogP contribution in [0.3, 0.4) is 0 Å². The minimum atomic E-state index is -4.37.